The van der Waals surface area contributed by atoms with Gasteiger partial charge in [-0.15, -0.1) is 0 Å². The van der Waals surface area contributed by atoms with Gasteiger partial charge in [0.2, 0.25) is 0 Å². The van der Waals surface area contributed by atoms with E-state index in [9.17, 15) is 9.59 Å². The van der Waals surface area contributed by atoms with E-state index in [1.54, 1.807) is 6.07 Å². The lowest BCUT2D eigenvalue weighted by atomic mass is 10.0. The van der Waals surface area contributed by atoms with Gasteiger partial charge in [-0.1, -0.05) is 6.07 Å². The van der Waals surface area contributed by atoms with Crippen molar-refractivity contribution in [3.05, 3.63) is 34.2 Å². The van der Waals surface area contributed by atoms with Crippen LogP contribution in [0.5, 0.6) is 0 Å². The third kappa shape index (κ3) is 1.32. The van der Waals surface area contributed by atoms with Gasteiger partial charge in [0, 0.05) is 11.8 Å². The Hall–Kier alpha value is -1.58. The molecule has 0 aromatic carbocycles. The number of fused-ring (bicyclic) bond motifs is 1. The Morgan fingerprint density at radius 1 is 1.50 bits per heavy atom. The third-order valence-electron chi connectivity index (χ3n) is 2.58. The lowest BCUT2D eigenvalue weighted by Gasteiger charge is -2.24. The van der Waals surface area contributed by atoms with Crippen LogP contribution in [0.2, 0.25) is 0 Å². The van der Waals surface area contributed by atoms with Crippen molar-refractivity contribution >= 4 is 5.97 Å². The summed E-state index contributed by atoms with van der Waals surface area (Å²) in [6.07, 6.45) is 2.17. The number of carboxylic acids is 1. The number of carboxylic acid groups (broad SMARTS) is 1. The molecule has 1 atom stereocenters. The van der Waals surface area contributed by atoms with Crippen molar-refractivity contribution in [2.24, 2.45) is 0 Å². The molecule has 0 radical (unpaired) electrons. The van der Waals surface area contributed by atoms with Crippen molar-refractivity contribution in [2.45, 2.75) is 25.3 Å². The normalized spacial score (nSPS) is 20.1. The van der Waals surface area contributed by atoms with E-state index in [2.05, 4.69) is 0 Å². The van der Waals surface area contributed by atoms with E-state index < -0.39 is 12.0 Å². The molecule has 0 spiro atoms. The van der Waals surface area contributed by atoms with E-state index in [0.717, 1.165) is 18.5 Å². The molecule has 1 aliphatic rings. The monoisotopic (exact) mass is 193 g/mol. The Bertz CT molecular complexity index is 422. The Kier molecular flexibility index (Phi) is 2.11. The molecule has 2 rings (SSSR count). The van der Waals surface area contributed by atoms with E-state index >= 15 is 0 Å². The summed E-state index contributed by atoms with van der Waals surface area (Å²) in [6.45, 7) is 0. The molecule has 0 amide bonds. The smallest absolute Gasteiger partial charge is 0.326 e. The van der Waals surface area contributed by atoms with Crippen molar-refractivity contribution < 1.29 is 9.90 Å². The molecule has 4 heteroatoms. The predicted molar refractivity (Wildman–Crippen MR) is 50.3 cm³/mol. The minimum absolute atomic E-state index is 0.213. The molecular formula is C10H11NO3. The largest absolute Gasteiger partial charge is 0.480 e. The second-order valence-corrected chi connectivity index (χ2v) is 3.47. The van der Waals surface area contributed by atoms with Gasteiger partial charge in [-0.25, -0.2) is 4.79 Å². The molecule has 14 heavy (non-hydrogen) atoms. The van der Waals surface area contributed by atoms with Crippen LogP contribution in [0.3, 0.4) is 0 Å². The maximum Gasteiger partial charge on any atom is 0.326 e. The number of carbonyl (C=O) groups is 1. The highest BCUT2D eigenvalue weighted by Crippen LogP contribution is 2.22. The molecule has 0 saturated carbocycles. The number of aromatic nitrogens is 1. The predicted octanol–water partition coefficient (Wildman–Crippen LogP) is 0.810. The van der Waals surface area contributed by atoms with Gasteiger partial charge in [-0.3, -0.25) is 9.36 Å². The van der Waals surface area contributed by atoms with E-state index in [1.165, 1.54) is 10.6 Å². The summed E-state index contributed by atoms with van der Waals surface area (Å²) in [5.41, 5.74) is 0.616. The number of pyridine rings is 1. The quantitative estimate of drug-likeness (QED) is 0.718. The third-order valence-corrected chi connectivity index (χ3v) is 2.58. The Balaban J connectivity index is 2.58. The molecule has 1 aliphatic heterocycles. The van der Waals surface area contributed by atoms with E-state index in [0.29, 0.717) is 6.42 Å². The van der Waals surface area contributed by atoms with Crippen molar-refractivity contribution in [2.75, 3.05) is 0 Å². The fourth-order valence-corrected chi connectivity index (χ4v) is 1.94. The van der Waals surface area contributed by atoms with Crippen LogP contribution in [0.25, 0.3) is 0 Å². The molecule has 0 bridgehead atoms. The first kappa shape index (κ1) is 8.99. The average molecular weight is 193 g/mol. The maximum absolute atomic E-state index is 11.5. The minimum atomic E-state index is -0.917. The molecule has 2 heterocycles. The van der Waals surface area contributed by atoms with Gasteiger partial charge in [0.05, 0.1) is 0 Å². The molecule has 4 nitrogen and oxygen atoms in total. The molecular weight excluding hydrogens is 182 g/mol. The first-order chi connectivity index (χ1) is 6.70. The van der Waals surface area contributed by atoms with Crippen LogP contribution in [0.4, 0.5) is 0 Å². The Morgan fingerprint density at radius 2 is 2.29 bits per heavy atom. The minimum Gasteiger partial charge on any atom is -0.480 e. The SMILES string of the molecule is O=C(O)C1CCCc2cccc(=O)n21. The van der Waals surface area contributed by atoms with Crippen LogP contribution in [0, 0.1) is 0 Å². The van der Waals surface area contributed by atoms with E-state index in [1.807, 2.05) is 6.07 Å². The maximum atomic E-state index is 11.5. The van der Waals surface area contributed by atoms with Crippen molar-refractivity contribution in [3.63, 3.8) is 0 Å². The van der Waals surface area contributed by atoms with Crippen molar-refractivity contribution in [3.8, 4) is 0 Å². The summed E-state index contributed by atoms with van der Waals surface area (Å²) >= 11 is 0. The van der Waals surface area contributed by atoms with Gasteiger partial charge in [-0.05, 0) is 25.3 Å². The fraction of sp³-hybridized carbons (Fsp3) is 0.400. The average Bonchev–Trinajstić information content (AvgIpc) is 2.17. The van der Waals surface area contributed by atoms with Crippen LogP contribution >= 0.6 is 0 Å². The zero-order valence-electron chi connectivity index (χ0n) is 7.64. The van der Waals surface area contributed by atoms with Crippen LogP contribution in [-0.4, -0.2) is 15.6 Å². The first-order valence-corrected chi connectivity index (χ1v) is 4.63. The van der Waals surface area contributed by atoms with Gasteiger partial charge in [0.25, 0.3) is 5.56 Å². The highest BCUT2D eigenvalue weighted by atomic mass is 16.4. The van der Waals surface area contributed by atoms with Gasteiger partial charge in [-0.2, -0.15) is 0 Å². The highest BCUT2D eigenvalue weighted by molar-refractivity contribution is 5.72. The lowest BCUT2D eigenvalue weighted by Crippen LogP contribution is -2.34. The number of nitrogens with zero attached hydrogens (tertiary/aromatic N) is 1. The fourth-order valence-electron chi connectivity index (χ4n) is 1.94. The molecule has 0 fully saturated rings. The van der Waals surface area contributed by atoms with Crippen LogP contribution in [-0.2, 0) is 11.2 Å². The summed E-state index contributed by atoms with van der Waals surface area (Å²) < 4.78 is 1.39. The summed E-state index contributed by atoms with van der Waals surface area (Å²) in [6, 6.07) is 4.23. The summed E-state index contributed by atoms with van der Waals surface area (Å²) in [5, 5.41) is 8.95. The van der Waals surface area contributed by atoms with Crippen LogP contribution in [0.1, 0.15) is 24.6 Å². The van der Waals surface area contributed by atoms with Crippen molar-refractivity contribution in [1.82, 2.24) is 4.57 Å². The van der Waals surface area contributed by atoms with Gasteiger partial charge < -0.3 is 5.11 Å². The summed E-state index contributed by atoms with van der Waals surface area (Å²) in [5.74, 6) is -0.917. The standard InChI is InChI=1S/C10H11NO3/c12-9-6-2-4-7-3-1-5-8(10(13)14)11(7)9/h2,4,6,8H,1,3,5H2,(H,13,14). The molecule has 1 N–H and O–H groups in total. The Morgan fingerprint density at radius 3 is 3.00 bits per heavy atom. The number of rotatable bonds is 1. The first-order valence-electron chi connectivity index (χ1n) is 4.63. The van der Waals surface area contributed by atoms with Crippen molar-refractivity contribution in [1.29, 1.82) is 0 Å². The zero-order chi connectivity index (χ0) is 10.1. The van der Waals surface area contributed by atoms with Crippen LogP contribution < -0.4 is 5.56 Å². The molecule has 0 aliphatic carbocycles. The lowest BCUT2D eigenvalue weighted by molar-refractivity contribution is -0.141. The molecule has 74 valence electrons. The number of hydrogen-bond acceptors (Lipinski definition) is 2. The molecule has 1 aromatic rings. The molecule has 1 unspecified atom stereocenters. The molecule has 0 saturated heterocycles. The molecule has 1 aromatic heterocycles. The van der Waals surface area contributed by atoms with E-state index in [-0.39, 0.29) is 5.56 Å². The van der Waals surface area contributed by atoms with Crippen LogP contribution in [0.15, 0.2) is 23.0 Å². The topological polar surface area (TPSA) is 59.3 Å². The van der Waals surface area contributed by atoms with E-state index in [4.69, 9.17) is 5.11 Å². The number of hydrogen-bond donors (Lipinski definition) is 1. The highest BCUT2D eigenvalue weighted by Gasteiger charge is 2.25. The van der Waals surface area contributed by atoms with Gasteiger partial charge in [0.15, 0.2) is 0 Å². The second kappa shape index (κ2) is 3.29. The second-order valence-electron chi connectivity index (χ2n) is 3.47. The van der Waals surface area contributed by atoms with Gasteiger partial charge in [0.1, 0.15) is 6.04 Å². The number of aliphatic carboxylic acids is 1. The summed E-state index contributed by atoms with van der Waals surface area (Å²) in [7, 11) is 0. The zero-order valence-corrected chi connectivity index (χ0v) is 7.64. The van der Waals surface area contributed by atoms with Gasteiger partial charge >= 0.3 is 5.97 Å². The Labute approximate surface area is 80.8 Å². The summed E-state index contributed by atoms with van der Waals surface area (Å²) in [4.78, 5) is 22.4. The number of aryl methyl sites for hydroxylation is 1.